The number of nitrogens with one attached hydrogen (secondary N) is 1. The molecule has 0 bridgehead atoms. The molecular weight excluding hydrogens is 441 g/mol. The van der Waals surface area contributed by atoms with E-state index in [4.69, 9.17) is 0 Å². The summed E-state index contributed by atoms with van der Waals surface area (Å²) in [7, 11) is 0. The standard InChI is InChI=1S/C22H21F3N4O2S/c23-22(24,25)17-4-2-1-3-16(17)20(31)28-9-14-11-29(12-15(14)10-28)21-27-8-18(32-21)19(30)26-7-13-5-6-13/h1-4,8,13H,5-7,9-12H2,(H,26,30). The van der Waals surface area contributed by atoms with Crippen molar-refractivity contribution in [1.29, 1.82) is 0 Å². The minimum Gasteiger partial charge on any atom is -0.351 e. The van der Waals surface area contributed by atoms with Gasteiger partial charge >= 0.3 is 6.18 Å². The summed E-state index contributed by atoms with van der Waals surface area (Å²) >= 11 is 1.33. The molecule has 10 heteroatoms. The van der Waals surface area contributed by atoms with Gasteiger partial charge in [-0.2, -0.15) is 13.2 Å². The number of hydrogen-bond acceptors (Lipinski definition) is 5. The molecule has 2 aromatic rings. The third-order valence-corrected chi connectivity index (χ3v) is 7.07. The number of carbonyl (C=O) groups is 2. The van der Waals surface area contributed by atoms with E-state index >= 15 is 0 Å². The smallest absolute Gasteiger partial charge is 0.351 e. The number of halogens is 3. The van der Waals surface area contributed by atoms with E-state index in [1.807, 2.05) is 4.90 Å². The Kier molecular flexibility index (Phi) is 5.19. The highest BCUT2D eigenvalue weighted by Gasteiger charge is 2.38. The molecule has 0 saturated heterocycles. The van der Waals surface area contributed by atoms with Crippen molar-refractivity contribution in [2.75, 3.05) is 37.6 Å². The summed E-state index contributed by atoms with van der Waals surface area (Å²) in [5.74, 6) is -0.117. The van der Waals surface area contributed by atoms with Gasteiger partial charge in [0.15, 0.2) is 5.13 Å². The highest BCUT2D eigenvalue weighted by molar-refractivity contribution is 7.17. The van der Waals surface area contributed by atoms with Gasteiger partial charge in [-0.15, -0.1) is 0 Å². The first-order valence-corrected chi connectivity index (χ1v) is 11.3. The van der Waals surface area contributed by atoms with Crippen LogP contribution in [0.2, 0.25) is 0 Å². The number of rotatable bonds is 5. The molecule has 3 heterocycles. The molecule has 5 rings (SSSR count). The zero-order valence-electron chi connectivity index (χ0n) is 17.1. The van der Waals surface area contributed by atoms with Gasteiger partial charge in [-0.1, -0.05) is 23.5 Å². The Morgan fingerprint density at radius 1 is 1.09 bits per heavy atom. The van der Waals surface area contributed by atoms with Crippen LogP contribution in [0.15, 0.2) is 41.6 Å². The number of hydrogen-bond donors (Lipinski definition) is 1. The van der Waals surface area contributed by atoms with E-state index in [9.17, 15) is 22.8 Å². The van der Waals surface area contributed by atoms with Gasteiger partial charge < -0.3 is 15.1 Å². The molecule has 0 unspecified atom stereocenters. The van der Waals surface area contributed by atoms with E-state index in [1.165, 1.54) is 47.3 Å². The zero-order valence-corrected chi connectivity index (χ0v) is 17.9. The lowest BCUT2D eigenvalue weighted by molar-refractivity contribution is -0.138. The van der Waals surface area contributed by atoms with Crippen LogP contribution in [0.1, 0.15) is 38.4 Å². The van der Waals surface area contributed by atoms with Gasteiger partial charge in [-0.3, -0.25) is 9.59 Å². The predicted molar refractivity (Wildman–Crippen MR) is 114 cm³/mol. The van der Waals surface area contributed by atoms with Crippen molar-refractivity contribution in [2.24, 2.45) is 5.92 Å². The van der Waals surface area contributed by atoms with Gasteiger partial charge in [0.1, 0.15) is 4.88 Å². The second-order valence-electron chi connectivity index (χ2n) is 8.43. The second-order valence-corrected chi connectivity index (χ2v) is 9.44. The van der Waals surface area contributed by atoms with E-state index in [1.54, 1.807) is 6.20 Å². The maximum absolute atomic E-state index is 13.3. The average molecular weight is 462 g/mol. The van der Waals surface area contributed by atoms with Crippen LogP contribution in [0.5, 0.6) is 0 Å². The van der Waals surface area contributed by atoms with Gasteiger partial charge in [0.2, 0.25) is 0 Å². The number of alkyl halides is 3. The molecule has 2 amide bonds. The van der Waals surface area contributed by atoms with Crippen LogP contribution in [0, 0.1) is 5.92 Å². The predicted octanol–water partition coefficient (Wildman–Crippen LogP) is 3.57. The average Bonchev–Trinajstić information content (AvgIpc) is 3.12. The first kappa shape index (κ1) is 21.0. The summed E-state index contributed by atoms with van der Waals surface area (Å²) in [5, 5.41) is 3.66. The Hall–Kier alpha value is -2.88. The van der Waals surface area contributed by atoms with Crippen molar-refractivity contribution in [3.63, 3.8) is 0 Å². The molecule has 0 radical (unpaired) electrons. The molecule has 0 atom stereocenters. The molecule has 6 nitrogen and oxygen atoms in total. The van der Waals surface area contributed by atoms with Crippen molar-refractivity contribution in [1.82, 2.24) is 15.2 Å². The van der Waals surface area contributed by atoms with E-state index in [0.717, 1.165) is 22.3 Å². The summed E-state index contributed by atoms with van der Waals surface area (Å²) in [4.78, 5) is 33.5. The molecule has 2 aliphatic heterocycles. The number of benzene rings is 1. The molecule has 1 aromatic carbocycles. The van der Waals surface area contributed by atoms with Gasteiger partial charge in [-0.25, -0.2) is 4.98 Å². The Balaban J connectivity index is 1.21. The van der Waals surface area contributed by atoms with Gasteiger partial charge in [0.05, 0.1) is 17.3 Å². The number of aromatic nitrogens is 1. The van der Waals surface area contributed by atoms with E-state index < -0.39 is 17.6 Å². The van der Waals surface area contributed by atoms with Crippen molar-refractivity contribution < 1.29 is 22.8 Å². The number of nitrogens with zero attached hydrogens (tertiary/aromatic N) is 3. The molecular formula is C22H21F3N4O2S. The SMILES string of the molecule is O=C(NCC1CC1)c1cnc(N2CC3=C(CN(C(=O)c4ccccc4C(F)(F)F)C3)C2)s1. The number of amides is 2. The minimum atomic E-state index is -4.58. The summed E-state index contributed by atoms with van der Waals surface area (Å²) in [6.45, 7) is 2.41. The number of carbonyl (C=O) groups excluding carboxylic acids is 2. The summed E-state index contributed by atoms with van der Waals surface area (Å²) in [5.41, 5.74) is 0.823. The van der Waals surface area contributed by atoms with Gasteiger partial charge in [0.25, 0.3) is 11.8 Å². The van der Waals surface area contributed by atoms with Crippen LogP contribution >= 0.6 is 11.3 Å². The van der Waals surface area contributed by atoms with E-state index in [-0.39, 0.29) is 11.5 Å². The fraction of sp³-hybridized carbons (Fsp3) is 0.409. The fourth-order valence-corrected chi connectivity index (χ4v) is 4.94. The lowest BCUT2D eigenvalue weighted by atomic mass is 10.1. The van der Waals surface area contributed by atoms with E-state index in [2.05, 4.69) is 10.3 Å². The monoisotopic (exact) mass is 462 g/mol. The zero-order chi connectivity index (χ0) is 22.5. The molecule has 0 spiro atoms. The first-order valence-electron chi connectivity index (χ1n) is 10.4. The summed E-state index contributed by atoms with van der Waals surface area (Å²) < 4.78 is 39.9. The van der Waals surface area contributed by atoms with Crippen molar-refractivity contribution >= 4 is 28.3 Å². The third kappa shape index (κ3) is 4.11. The maximum Gasteiger partial charge on any atom is 0.417 e. The molecule has 32 heavy (non-hydrogen) atoms. The van der Waals surface area contributed by atoms with Crippen LogP contribution in [0.3, 0.4) is 0 Å². The molecule has 1 saturated carbocycles. The Labute approximate surface area is 186 Å². The normalized spacial score (nSPS) is 18.3. The van der Waals surface area contributed by atoms with Gasteiger partial charge in [0, 0.05) is 32.7 Å². The number of thiazole rings is 1. The summed E-state index contributed by atoms with van der Waals surface area (Å²) in [6, 6.07) is 4.90. The molecule has 3 aliphatic rings. The maximum atomic E-state index is 13.3. The molecule has 1 fully saturated rings. The Morgan fingerprint density at radius 3 is 2.44 bits per heavy atom. The Bertz CT molecular complexity index is 1090. The first-order chi connectivity index (χ1) is 15.3. The molecule has 1 aliphatic carbocycles. The Morgan fingerprint density at radius 2 is 1.78 bits per heavy atom. The molecule has 1 N–H and O–H groups in total. The topological polar surface area (TPSA) is 65.5 Å². The quantitative estimate of drug-likeness (QED) is 0.690. The van der Waals surface area contributed by atoms with E-state index in [0.29, 0.717) is 43.5 Å². The summed E-state index contributed by atoms with van der Waals surface area (Å²) in [6.07, 6.45) is -0.664. The van der Waals surface area contributed by atoms with Crippen LogP contribution < -0.4 is 10.2 Å². The van der Waals surface area contributed by atoms with Crippen molar-refractivity contribution in [2.45, 2.75) is 19.0 Å². The highest BCUT2D eigenvalue weighted by atomic mass is 32.1. The highest BCUT2D eigenvalue weighted by Crippen LogP contribution is 2.35. The fourth-order valence-electron chi connectivity index (χ4n) is 4.11. The number of anilines is 1. The van der Waals surface area contributed by atoms with Crippen LogP contribution in [0.4, 0.5) is 18.3 Å². The second kappa shape index (κ2) is 7.91. The largest absolute Gasteiger partial charge is 0.417 e. The van der Waals surface area contributed by atoms with Crippen LogP contribution in [-0.2, 0) is 6.18 Å². The van der Waals surface area contributed by atoms with Crippen LogP contribution in [0.25, 0.3) is 0 Å². The molecule has 1 aromatic heterocycles. The minimum absolute atomic E-state index is 0.111. The van der Waals surface area contributed by atoms with Crippen molar-refractivity contribution in [3.8, 4) is 0 Å². The molecule has 168 valence electrons. The lowest BCUT2D eigenvalue weighted by Crippen LogP contribution is -2.35. The van der Waals surface area contributed by atoms with Gasteiger partial charge in [-0.05, 0) is 42.0 Å². The van der Waals surface area contributed by atoms with Crippen LogP contribution in [-0.4, -0.2) is 54.4 Å². The lowest BCUT2D eigenvalue weighted by Gasteiger charge is -2.23. The third-order valence-electron chi connectivity index (χ3n) is 6.01. The van der Waals surface area contributed by atoms with Crippen molar-refractivity contribution in [3.05, 3.63) is 57.6 Å².